The van der Waals surface area contributed by atoms with Gasteiger partial charge in [0.25, 0.3) is 0 Å². The maximum Gasteiger partial charge on any atom is 0.407 e. The molecule has 4 heteroatoms. The Bertz CT molecular complexity index is 188. The van der Waals surface area contributed by atoms with E-state index in [4.69, 9.17) is 9.47 Å². The van der Waals surface area contributed by atoms with Crippen molar-refractivity contribution in [2.45, 2.75) is 13.0 Å². The van der Waals surface area contributed by atoms with Crippen LogP contribution in [-0.4, -0.2) is 32.0 Å². The minimum atomic E-state index is -0.303. The van der Waals surface area contributed by atoms with Crippen molar-refractivity contribution in [2.24, 2.45) is 5.41 Å². The van der Waals surface area contributed by atoms with Gasteiger partial charge in [-0.2, -0.15) is 0 Å². The minimum absolute atomic E-state index is 0.103. The molecule has 0 aromatic carbocycles. The minimum Gasteiger partial charge on any atom is -0.447 e. The Hall–Kier alpha value is -0.770. The van der Waals surface area contributed by atoms with Crippen LogP contribution in [0.3, 0.4) is 0 Å². The van der Waals surface area contributed by atoms with Crippen LogP contribution < -0.4 is 5.32 Å². The summed E-state index contributed by atoms with van der Waals surface area (Å²) in [6.07, 6.45) is -0.303. The topological polar surface area (TPSA) is 47.6 Å². The smallest absolute Gasteiger partial charge is 0.407 e. The summed E-state index contributed by atoms with van der Waals surface area (Å²) in [5, 5.41) is 2.76. The third-order valence-electron chi connectivity index (χ3n) is 2.38. The van der Waals surface area contributed by atoms with Gasteiger partial charge in [0.2, 0.25) is 0 Å². The molecule has 1 N–H and O–H groups in total. The average Bonchev–Trinajstić information content (AvgIpc) is 2.31. The summed E-state index contributed by atoms with van der Waals surface area (Å²) in [6.45, 7) is 4.03. The Balaban J connectivity index is 2.00. The van der Waals surface area contributed by atoms with E-state index < -0.39 is 0 Å². The van der Waals surface area contributed by atoms with Crippen LogP contribution in [0.15, 0.2) is 0 Å². The molecule has 2 rings (SSSR count). The maximum absolute atomic E-state index is 10.7. The van der Waals surface area contributed by atoms with Crippen LogP contribution in [-0.2, 0) is 9.47 Å². The second kappa shape index (κ2) is 2.11. The largest absolute Gasteiger partial charge is 0.447 e. The van der Waals surface area contributed by atoms with E-state index in [-0.39, 0.29) is 17.6 Å². The fraction of sp³-hybridized carbons (Fsp3) is 0.857. The number of amides is 1. The summed E-state index contributed by atoms with van der Waals surface area (Å²) in [7, 11) is 0. The predicted octanol–water partition coefficient (Wildman–Crippen LogP) is 0.131. The van der Waals surface area contributed by atoms with Crippen LogP contribution in [0.2, 0.25) is 0 Å². The molecule has 0 spiro atoms. The Morgan fingerprint density at radius 1 is 1.64 bits per heavy atom. The summed E-state index contributed by atoms with van der Waals surface area (Å²) in [4.78, 5) is 10.7. The molecule has 1 atom stereocenters. The molecule has 2 aliphatic heterocycles. The summed E-state index contributed by atoms with van der Waals surface area (Å²) in [5.41, 5.74) is 0.103. The van der Waals surface area contributed by atoms with Crippen molar-refractivity contribution >= 4 is 6.09 Å². The van der Waals surface area contributed by atoms with Gasteiger partial charge in [-0.3, -0.25) is 0 Å². The molecule has 0 radical (unpaired) electrons. The van der Waals surface area contributed by atoms with Gasteiger partial charge in [-0.25, -0.2) is 4.79 Å². The van der Waals surface area contributed by atoms with Gasteiger partial charge in [-0.1, -0.05) is 6.92 Å². The van der Waals surface area contributed by atoms with E-state index in [9.17, 15) is 4.79 Å². The zero-order chi connectivity index (χ0) is 7.90. The fourth-order valence-electron chi connectivity index (χ4n) is 1.39. The molecule has 0 bridgehead atoms. The van der Waals surface area contributed by atoms with Crippen LogP contribution in [0, 0.1) is 5.41 Å². The Kier molecular flexibility index (Phi) is 1.32. The molecule has 0 saturated carbocycles. The first-order valence-corrected chi connectivity index (χ1v) is 3.72. The molecule has 62 valence electrons. The number of hydrogen-bond donors (Lipinski definition) is 1. The first-order valence-electron chi connectivity index (χ1n) is 3.72. The Labute approximate surface area is 64.9 Å². The van der Waals surface area contributed by atoms with Crippen LogP contribution in [0.4, 0.5) is 4.79 Å². The van der Waals surface area contributed by atoms with E-state index >= 15 is 0 Å². The Morgan fingerprint density at radius 3 is 2.73 bits per heavy atom. The molecule has 1 unspecified atom stereocenters. The van der Waals surface area contributed by atoms with Crippen molar-refractivity contribution in [3.63, 3.8) is 0 Å². The molecule has 4 nitrogen and oxygen atoms in total. The van der Waals surface area contributed by atoms with Gasteiger partial charge in [0.05, 0.1) is 19.3 Å². The average molecular weight is 157 g/mol. The first kappa shape index (κ1) is 6.91. The monoisotopic (exact) mass is 157 g/mol. The van der Waals surface area contributed by atoms with Crippen LogP contribution in [0.25, 0.3) is 0 Å². The summed E-state index contributed by atoms with van der Waals surface area (Å²) >= 11 is 0. The number of cyclic esters (lactones) is 1. The number of ether oxygens (including phenoxy) is 2. The molecule has 2 saturated heterocycles. The SMILES string of the molecule is CC1(C2COC(=O)N2)COC1. The van der Waals surface area contributed by atoms with Gasteiger partial charge in [-0.05, 0) is 0 Å². The van der Waals surface area contributed by atoms with Gasteiger partial charge in [0.15, 0.2) is 0 Å². The van der Waals surface area contributed by atoms with E-state index in [1.807, 2.05) is 0 Å². The molecular weight excluding hydrogens is 146 g/mol. The van der Waals surface area contributed by atoms with Crippen molar-refractivity contribution in [1.29, 1.82) is 0 Å². The highest BCUT2D eigenvalue weighted by Crippen LogP contribution is 2.32. The van der Waals surface area contributed by atoms with E-state index in [0.29, 0.717) is 6.61 Å². The number of alkyl carbamates (subject to hydrolysis) is 1. The molecule has 0 aromatic rings. The molecular formula is C7H11NO3. The van der Waals surface area contributed by atoms with Crippen LogP contribution >= 0.6 is 0 Å². The fourth-order valence-corrected chi connectivity index (χ4v) is 1.39. The summed E-state index contributed by atoms with van der Waals surface area (Å²) in [5.74, 6) is 0. The van der Waals surface area contributed by atoms with Crippen LogP contribution in [0.1, 0.15) is 6.92 Å². The molecule has 0 aromatic heterocycles. The van der Waals surface area contributed by atoms with Crippen molar-refractivity contribution < 1.29 is 14.3 Å². The van der Waals surface area contributed by atoms with Crippen LogP contribution in [0.5, 0.6) is 0 Å². The lowest BCUT2D eigenvalue weighted by Gasteiger charge is -2.41. The van der Waals surface area contributed by atoms with E-state index in [1.165, 1.54) is 0 Å². The van der Waals surface area contributed by atoms with Crippen molar-refractivity contribution in [1.82, 2.24) is 5.32 Å². The maximum atomic E-state index is 10.7. The molecule has 11 heavy (non-hydrogen) atoms. The van der Waals surface area contributed by atoms with E-state index in [2.05, 4.69) is 12.2 Å². The summed E-state index contributed by atoms with van der Waals surface area (Å²) in [6, 6.07) is 0.142. The van der Waals surface area contributed by atoms with Gasteiger partial charge in [0.1, 0.15) is 6.61 Å². The number of carbonyl (C=O) groups is 1. The predicted molar refractivity (Wildman–Crippen MR) is 37.2 cm³/mol. The second-order valence-corrected chi connectivity index (χ2v) is 3.44. The molecule has 2 heterocycles. The molecule has 0 aliphatic carbocycles. The van der Waals surface area contributed by atoms with Gasteiger partial charge >= 0.3 is 6.09 Å². The lowest BCUT2D eigenvalue weighted by molar-refractivity contribution is -0.118. The van der Waals surface area contributed by atoms with Crippen molar-refractivity contribution in [3.8, 4) is 0 Å². The third-order valence-corrected chi connectivity index (χ3v) is 2.38. The lowest BCUT2D eigenvalue weighted by Crippen LogP contribution is -2.54. The van der Waals surface area contributed by atoms with E-state index in [0.717, 1.165) is 13.2 Å². The standard InChI is InChI=1S/C7H11NO3/c1-7(3-10-4-7)5-2-11-6(9)8-5/h5H,2-4H2,1H3,(H,8,9). The molecule has 2 fully saturated rings. The normalized spacial score (nSPS) is 33.9. The number of hydrogen-bond acceptors (Lipinski definition) is 3. The Morgan fingerprint density at radius 2 is 2.36 bits per heavy atom. The number of carbonyl (C=O) groups excluding carboxylic acids is 1. The number of nitrogens with one attached hydrogen (secondary N) is 1. The molecule has 2 aliphatic rings. The summed E-state index contributed by atoms with van der Waals surface area (Å²) < 4.78 is 9.86. The lowest BCUT2D eigenvalue weighted by atomic mass is 9.81. The second-order valence-electron chi connectivity index (χ2n) is 3.44. The highest BCUT2D eigenvalue weighted by molar-refractivity contribution is 5.69. The van der Waals surface area contributed by atoms with Crippen molar-refractivity contribution in [2.75, 3.05) is 19.8 Å². The van der Waals surface area contributed by atoms with Gasteiger partial charge in [-0.15, -0.1) is 0 Å². The van der Waals surface area contributed by atoms with Gasteiger partial charge < -0.3 is 14.8 Å². The number of rotatable bonds is 1. The first-order chi connectivity index (χ1) is 5.21. The zero-order valence-electron chi connectivity index (χ0n) is 6.42. The van der Waals surface area contributed by atoms with E-state index in [1.54, 1.807) is 0 Å². The van der Waals surface area contributed by atoms with Gasteiger partial charge in [0, 0.05) is 5.41 Å². The highest BCUT2D eigenvalue weighted by atomic mass is 16.6. The zero-order valence-corrected chi connectivity index (χ0v) is 6.42. The quantitative estimate of drug-likeness (QED) is 0.588. The third kappa shape index (κ3) is 0.976. The molecule has 1 amide bonds. The highest BCUT2D eigenvalue weighted by Gasteiger charge is 2.45. The van der Waals surface area contributed by atoms with Crippen molar-refractivity contribution in [3.05, 3.63) is 0 Å².